The van der Waals surface area contributed by atoms with E-state index < -0.39 is 10.1 Å². The van der Waals surface area contributed by atoms with E-state index in [2.05, 4.69) is 0 Å². The van der Waals surface area contributed by atoms with Crippen LogP contribution in [0.25, 0.3) is 0 Å². The van der Waals surface area contributed by atoms with E-state index in [0.717, 1.165) is 16.9 Å². The van der Waals surface area contributed by atoms with Gasteiger partial charge >= 0.3 is 10.1 Å². The van der Waals surface area contributed by atoms with Crippen molar-refractivity contribution in [2.75, 3.05) is 0 Å². The molecule has 0 aliphatic rings. The molecular weight excluding hydrogens is 332 g/mol. The molecule has 0 fully saturated rings. The molecule has 0 bridgehead atoms. The van der Waals surface area contributed by atoms with Crippen molar-refractivity contribution < 1.29 is 17.3 Å². The molecule has 0 aliphatic heterocycles. The molecule has 0 aliphatic carbocycles. The van der Waals surface area contributed by atoms with Crippen LogP contribution in [0.5, 0.6) is 11.5 Å². The summed E-state index contributed by atoms with van der Waals surface area (Å²) in [5, 5.41) is 1.69. The average molecular weight is 346 g/mol. The minimum absolute atomic E-state index is 0.182. The first kappa shape index (κ1) is 15.6. The Hall–Kier alpha value is -2.31. The topological polar surface area (TPSA) is 52.6 Å². The van der Waals surface area contributed by atoms with Crippen molar-refractivity contribution in [3.05, 3.63) is 77.7 Å². The lowest BCUT2D eigenvalue weighted by Crippen LogP contribution is -2.07. The van der Waals surface area contributed by atoms with Crippen LogP contribution in [0.3, 0.4) is 0 Å². The van der Waals surface area contributed by atoms with Crippen LogP contribution < -0.4 is 8.92 Å². The first-order chi connectivity index (χ1) is 11.1. The Morgan fingerprint density at radius 3 is 2.17 bits per heavy atom. The van der Waals surface area contributed by atoms with Gasteiger partial charge in [-0.2, -0.15) is 8.42 Å². The minimum atomic E-state index is -3.76. The minimum Gasteiger partial charge on any atom is -0.489 e. The van der Waals surface area contributed by atoms with E-state index in [1.165, 1.54) is 6.07 Å². The molecule has 1 aromatic heterocycles. The van der Waals surface area contributed by atoms with E-state index in [1.54, 1.807) is 35.7 Å². The Morgan fingerprint density at radius 1 is 0.826 bits per heavy atom. The zero-order chi connectivity index (χ0) is 16.1. The fourth-order valence-electron chi connectivity index (χ4n) is 1.91. The predicted octanol–water partition coefficient (Wildman–Crippen LogP) is 4.09. The Labute approximate surface area is 139 Å². The molecule has 0 saturated carbocycles. The van der Waals surface area contributed by atoms with Crippen molar-refractivity contribution in [2.24, 2.45) is 0 Å². The fourth-order valence-corrected chi connectivity index (χ4v) is 3.79. The van der Waals surface area contributed by atoms with Gasteiger partial charge in [-0.15, -0.1) is 11.3 Å². The van der Waals surface area contributed by atoms with Gasteiger partial charge in [0.05, 0.1) is 0 Å². The van der Waals surface area contributed by atoms with E-state index in [4.69, 9.17) is 8.92 Å². The summed E-state index contributed by atoms with van der Waals surface area (Å²) in [6, 6.07) is 19.5. The van der Waals surface area contributed by atoms with Gasteiger partial charge in [0.1, 0.15) is 18.1 Å². The van der Waals surface area contributed by atoms with Crippen molar-refractivity contribution in [3.8, 4) is 11.5 Å². The van der Waals surface area contributed by atoms with E-state index in [1.807, 2.05) is 30.3 Å². The van der Waals surface area contributed by atoms with Crippen molar-refractivity contribution >= 4 is 21.5 Å². The monoisotopic (exact) mass is 346 g/mol. The molecular formula is C17H14O4S2. The molecule has 3 rings (SSSR count). The molecule has 0 N–H and O–H groups in total. The highest BCUT2D eigenvalue weighted by Crippen LogP contribution is 2.24. The van der Waals surface area contributed by atoms with Crippen LogP contribution in [-0.4, -0.2) is 8.42 Å². The molecule has 0 amide bonds. The van der Waals surface area contributed by atoms with Gasteiger partial charge in [-0.05, 0) is 41.3 Å². The van der Waals surface area contributed by atoms with Gasteiger partial charge in [0.15, 0.2) is 4.21 Å². The maximum atomic E-state index is 12.0. The van der Waals surface area contributed by atoms with E-state index in [-0.39, 0.29) is 9.96 Å². The normalized spacial score (nSPS) is 11.1. The van der Waals surface area contributed by atoms with Crippen LogP contribution >= 0.6 is 11.3 Å². The summed E-state index contributed by atoms with van der Waals surface area (Å²) >= 11 is 1.12. The smallest absolute Gasteiger partial charge is 0.348 e. The van der Waals surface area contributed by atoms with Crippen LogP contribution in [0.2, 0.25) is 0 Å². The van der Waals surface area contributed by atoms with Crippen molar-refractivity contribution in [2.45, 2.75) is 10.8 Å². The van der Waals surface area contributed by atoms with Crippen molar-refractivity contribution in [3.63, 3.8) is 0 Å². The zero-order valence-corrected chi connectivity index (χ0v) is 13.7. The van der Waals surface area contributed by atoms with Crippen molar-refractivity contribution in [1.82, 2.24) is 0 Å². The Morgan fingerprint density at radius 2 is 1.52 bits per heavy atom. The van der Waals surface area contributed by atoms with Gasteiger partial charge in [-0.1, -0.05) is 36.4 Å². The lowest BCUT2D eigenvalue weighted by atomic mass is 10.2. The summed E-state index contributed by atoms with van der Waals surface area (Å²) in [4.78, 5) is 0. The summed E-state index contributed by atoms with van der Waals surface area (Å²) in [6.07, 6.45) is 0. The molecule has 1 heterocycles. The number of ether oxygens (including phenoxy) is 1. The van der Waals surface area contributed by atoms with E-state index >= 15 is 0 Å². The Balaban J connectivity index is 1.63. The van der Waals surface area contributed by atoms with Crippen LogP contribution in [0.1, 0.15) is 5.56 Å². The second-order valence-corrected chi connectivity index (χ2v) is 7.44. The maximum absolute atomic E-state index is 12.0. The maximum Gasteiger partial charge on any atom is 0.348 e. The highest BCUT2D eigenvalue weighted by Gasteiger charge is 2.17. The summed E-state index contributed by atoms with van der Waals surface area (Å²) in [5.41, 5.74) is 1.06. The largest absolute Gasteiger partial charge is 0.489 e. The average Bonchev–Trinajstić information content (AvgIpc) is 3.10. The highest BCUT2D eigenvalue weighted by molar-refractivity contribution is 7.89. The zero-order valence-electron chi connectivity index (χ0n) is 12.1. The predicted molar refractivity (Wildman–Crippen MR) is 89.3 cm³/mol. The third-order valence-electron chi connectivity index (χ3n) is 3.02. The molecule has 23 heavy (non-hydrogen) atoms. The Bertz CT molecular complexity index is 839. The second-order valence-electron chi connectivity index (χ2n) is 4.72. The molecule has 0 atom stereocenters. The quantitative estimate of drug-likeness (QED) is 0.631. The van der Waals surface area contributed by atoms with Gasteiger partial charge in [-0.25, -0.2) is 0 Å². The molecule has 6 heteroatoms. The number of benzene rings is 2. The molecule has 0 unspecified atom stereocenters. The number of hydrogen-bond donors (Lipinski definition) is 0. The molecule has 0 saturated heterocycles. The van der Waals surface area contributed by atoms with Gasteiger partial charge in [0, 0.05) is 0 Å². The number of rotatable bonds is 6. The second kappa shape index (κ2) is 6.85. The SMILES string of the molecule is O=S(=O)(Oc1ccc(OCc2ccccc2)cc1)c1cccs1. The molecule has 4 nitrogen and oxygen atoms in total. The first-order valence-electron chi connectivity index (χ1n) is 6.88. The van der Waals surface area contributed by atoms with Crippen LogP contribution in [0, 0.1) is 0 Å². The summed E-state index contributed by atoms with van der Waals surface area (Å²) in [6.45, 7) is 0.453. The number of thiophene rings is 1. The molecule has 2 aromatic carbocycles. The van der Waals surface area contributed by atoms with Gasteiger partial charge in [0.25, 0.3) is 0 Å². The third-order valence-corrected chi connectivity index (χ3v) is 5.62. The van der Waals surface area contributed by atoms with Gasteiger partial charge < -0.3 is 8.92 Å². The van der Waals surface area contributed by atoms with Crippen molar-refractivity contribution in [1.29, 1.82) is 0 Å². The van der Waals surface area contributed by atoms with E-state index in [0.29, 0.717) is 12.4 Å². The molecule has 0 spiro atoms. The lowest BCUT2D eigenvalue weighted by molar-refractivity contribution is 0.306. The van der Waals surface area contributed by atoms with Crippen LogP contribution in [-0.2, 0) is 16.7 Å². The molecule has 3 aromatic rings. The van der Waals surface area contributed by atoms with E-state index in [9.17, 15) is 8.42 Å². The number of hydrogen-bond acceptors (Lipinski definition) is 5. The standard InChI is InChI=1S/C17H14O4S2/c18-23(19,17-7-4-12-22-17)21-16-10-8-15(9-11-16)20-13-14-5-2-1-3-6-14/h1-12H,13H2. The third kappa shape index (κ3) is 4.12. The first-order valence-corrected chi connectivity index (χ1v) is 9.17. The lowest BCUT2D eigenvalue weighted by Gasteiger charge is -2.08. The molecule has 118 valence electrons. The van der Waals surface area contributed by atoms with Crippen LogP contribution in [0.15, 0.2) is 76.3 Å². The molecule has 0 radical (unpaired) electrons. The van der Waals surface area contributed by atoms with Crippen LogP contribution in [0.4, 0.5) is 0 Å². The Kier molecular flexibility index (Phi) is 4.64. The summed E-state index contributed by atoms with van der Waals surface area (Å²) < 4.78 is 35.0. The fraction of sp³-hybridized carbons (Fsp3) is 0.0588. The van der Waals surface area contributed by atoms with Gasteiger partial charge in [-0.3, -0.25) is 0 Å². The summed E-state index contributed by atoms with van der Waals surface area (Å²) in [7, 11) is -3.76. The highest BCUT2D eigenvalue weighted by atomic mass is 32.3. The van der Waals surface area contributed by atoms with Gasteiger partial charge in [0.2, 0.25) is 0 Å². The summed E-state index contributed by atoms with van der Waals surface area (Å²) in [5.74, 6) is 0.903.